The van der Waals surface area contributed by atoms with Crippen molar-refractivity contribution in [3.8, 4) is 17.0 Å². The van der Waals surface area contributed by atoms with Crippen LogP contribution in [0.4, 0.5) is 0 Å². The summed E-state index contributed by atoms with van der Waals surface area (Å²) in [6, 6.07) is 11.2. The summed E-state index contributed by atoms with van der Waals surface area (Å²) in [4.78, 5) is 16.1. The number of imidazole rings is 1. The number of carbonyl (C=O) groups is 1. The number of fused-ring (bicyclic) bond motifs is 1. The van der Waals surface area contributed by atoms with Gasteiger partial charge in [-0.15, -0.1) is 0 Å². The molecule has 106 valence electrons. The zero-order chi connectivity index (χ0) is 14.8. The summed E-state index contributed by atoms with van der Waals surface area (Å²) in [6.07, 6.45) is 3.58. The normalized spacial score (nSPS) is 10.6. The lowest BCUT2D eigenvalue weighted by Crippen LogP contribution is -2.02. The highest BCUT2D eigenvalue weighted by Gasteiger charge is 2.09. The van der Waals surface area contributed by atoms with Gasteiger partial charge in [0.2, 0.25) is 0 Å². The van der Waals surface area contributed by atoms with Crippen LogP contribution in [0.1, 0.15) is 10.4 Å². The molecule has 0 unspecified atom stereocenters. The van der Waals surface area contributed by atoms with Crippen molar-refractivity contribution in [3.05, 3.63) is 54.4 Å². The molecule has 0 aliphatic rings. The first-order valence-electron chi connectivity index (χ1n) is 6.43. The highest BCUT2D eigenvalue weighted by atomic mass is 16.5. The molecule has 0 spiro atoms. The fourth-order valence-electron chi connectivity index (χ4n) is 2.15. The molecular weight excluding hydrogens is 268 g/mol. The van der Waals surface area contributed by atoms with E-state index in [2.05, 4.69) is 4.98 Å². The lowest BCUT2D eigenvalue weighted by Gasteiger charge is -2.01. The van der Waals surface area contributed by atoms with Crippen molar-refractivity contribution < 1.29 is 14.3 Å². The number of ether oxygens (including phenoxy) is 2. The lowest BCUT2D eigenvalue weighted by atomic mass is 10.1. The summed E-state index contributed by atoms with van der Waals surface area (Å²) < 4.78 is 11.7. The van der Waals surface area contributed by atoms with E-state index in [1.165, 1.54) is 7.11 Å². The van der Waals surface area contributed by atoms with E-state index in [9.17, 15) is 4.79 Å². The highest BCUT2D eigenvalue weighted by molar-refractivity contribution is 5.89. The van der Waals surface area contributed by atoms with Crippen molar-refractivity contribution in [2.75, 3.05) is 14.2 Å². The summed E-state index contributed by atoms with van der Waals surface area (Å²) in [5.41, 5.74) is 3.02. The Balaban J connectivity index is 2.06. The van der Waals surface area contributed by atoms with Gasteiger partial charge in [0.05, 0.1) is 25.5 Å². The molecule has 0 N–H and O–H groups in total. The second kappa shape index (κ2) is 5.28. The zero-order valence-electron chi connectivity index (χ0n) is 11.7. The molecule has 0 saturated carbocycles. The third kappa shape index (κ3) is 2.45. The maximum atomic E-state index is 11.5. The zero-order valence-corrected chi connectivity index (χ0v) is 11.7. The van der Waals surface area contributed by atoms with Crippen molar-refractivity contribution in [1.82, 2.24) is 9.38 Å². The maximum absolute atomic E-state index is 11.5. The molecule has 3 aromatic rings. The van der Waals surface area contributed by atoms with Gasteiger partial charge >= 0.3 is 5.97 Å². The summed E-state index contributed by atoms with van der Waals surface area (Å²) in [6.45, 7) is 0. The predicted molar refractivity (Wildman–Crippen MR) is 78.5 cm³/mol. The first-order chi connectivity index (χ1) is 10.2. The van der Waals surface area contributed by atoms with Crippen molar-refractivity contribution in [2.45, 2.75) is 0 Å². The van der Waals surface area contributed by atoms with Gasteiger partial charge in [0.1, 0.15) is 11.4 Å². The van der Waals surface area contributed by atoms with E-state index in [0.29, 0.717) is 5.56 Å². The quantitative estimate of drug-likeness (QED) is 0.693. The number of pyridine rings is 1. The molecule has 1 aromatic carbocycles. The summed E-state index contributed by atoms with van der Waals surface area (Å²) in [5, 5.41) is 0. The first kappa shape index (κ1) is 13.2. The molecule has 2 heterocycles. The fourth-order valence-corrected chi connectivity index (χ4v) is 2.15. The van der Waals surface area contributed by atoms with Gasteiger partial charge in [0.15, 0.2) is 0 Å². The molecule has 0 radical (unpaired) electrons. The van der Waals surface area contributed by atoms with Crippen LogP contribution in [0, 0.1) is 0 Å². The van der Waals surface area contributed by atoms with E-state index in [1.54, 1.807) is 29.8 Å². The van der Waals surface area contributed by atoms with Crippen LogP contribution < -0.4 is 4.74 Å². The van der Waals surface area contributed by atoms with Gasteiger partial charge in [-0.1, -0.05) is 12.1 Å². The van der Waals surface area contributed by atoms with Gasteiger partial charge in [-0.25, -0.2) is 9.78 Å². The number of methoxy groups -OCH3 is 2. The largest absolute Gasteiger partial charge is 0.497 e. The average molecular weight is 282 g/mol. The number of esters is 1. The second-order valence-electron chi connectivity index (χ2n) is 4.53. The standard InChI is InChI=1S/C16H14N2O3/c1-20-13-5-3-4-11(8-13)14-10-18-9-12(16(19)21-2)6-7-15(18)17-14/h3-10H,1-2H3. The Morgan fingerprint density at radius 2 is 2.00 bits per heavy atom. The maximum Gasteiger partial charge on any atom is 0.339 e. The van der Waals surface area contributed by atoms with Crippen LogP contribution in [0.2, 0.25) is 0 Å². The minimum Gasteiger partial charge on any atom is -0.497 e. The van der Waals surface area contributed by atoms with E-state index in [-0.39, 0.29) is 5.97 Å². The molecule has 0 amide bonds. The van der Waals surface area contributed by atoms with Crippen molar-refractivity contribution in [3.63, 3.8) is 0 Å². The molecule has 0 aliphatic heterocycles. The Hall–Kier alpha value is -2.82. The van der Waals surface area contributed by atoms with Crippen LogP contribution >= 0.6 is 0 Å². The van der Waals surface area contributed by atoms with Crippen LogP contribution in [0.15, 0.2) is 48.8 Å². The van der Waals surface area contributed by atoms with Gasteiger partial charge in [-0.2, -0.15) is 0 Å². The monoisotopic (exact) mass is 282 g/mol. The van der Waals surface area contributed by atoms with E-state index < -0.39 is 0 Å². The average Bonchev–Trinajstić information content (AvgIpc) is 2.97. The van der Waals surface area contributed by atoms with Gasteiger partial charge in [0.25, 0.3) is 0 Å². The molecular formula is C16H14N2O3. The molecule has 0 fully saturated rings. The highest BCUT2D eigenvalue weighted by Crippen LogP contribution is 2.23. The Morgan fingerprint density at radius 3 is 2.76 bits per heavy atom. The Bertz CT molecular complexity index is 808. The third-order valence-corrected chi connectivity index (χ3v) is 3.24. The van der Waals surface area contributed by atoms with Gasteiger partial charge in [0, 0.05) is 18.0 Å². The van der Waals surface area contributed by atoms with Gasteiger partial charge < -0.3 is 13.9 Å². The second-order valence-corrected chi connectivity index (χ2v) is 4.53. The third-order valence-electron chi connectivity index (χ3n) is 3.24. The predicted octanol–water partition coefficient (Wildman–Crippen LogP) is 2.80. The van der Waals surface area contributed by atoms with Gasteiger partial charge in [-0.3, -0.25) is 0 Å². The number of nitrogens with zero attached hydrogens (tertiary/aromatic N) is 2. The number of benzene rings is 1. The molecule has 2 aromatic heterocycles. The van der Waals surface area contributed by atoms with Crippen molar-refractivity contribution in [1.29, 1.82) is 0 Å². The van der Waals surface area contributed by atoms with Crippen molar-refractivity contribution >= 4 is 11.6 Å². The van der Waals surface area contributed by atoms with Crippen LogP contribution in [0.3, 0.4) is 0 Å². The van der Waals surface area contributed by atoms with E-state index in [4.69, 9.17) is 9.47 Å². The van der Waals surface area contributed by atoms with E-state index in [1.807, 2.05) is 30.5 Å². The Morgan fingerprint density at radius 1 is 1.14 bits per heavy atom. The molecule has 5 nitrogen and oxygen atoms in total. The SMILES string of the molecule is COC(=O)c1ccc2nc(-c3cccc(OC)c3)cn2c1. The van der Waals surface area contributed by atoms with Crippen LogP contribution in [-0.2, 0) is 4.74 Å². The number of carbonyl (C=O) groups excluding carboxylic acids is 1. The Labute approximate surface area is 121 Å². The van der Waals surface area contributed by atoms with Crippen LogP contribution in [0.25, 0.3) is 16.9 Å². The lowest BCUT2D eigenvalue weighted by molar-refractivity contribution is 0.0600. The van der Waals surface area contributed by atoms with Crippen molar-refractivity contribution in [2.24, 2.45) is 0 Å². The minimum atomic E-state index is -0.367. The Kier molecular flexibility index (Phi) is 3.31. The van der Waals surface area contributed by atoms with E-state index in [0.717, 1.165) is 22.7 Å². The first-order valence-corrected chi connectivity index (χ1v) is 6.43. The molecule has 0 saturated heterocycles. The van der Waals surface area contributed by atoms with Crippen LogP contribution in [0.5, 0.6) is 5.75 Å². The molecule has 0 aliphatic carbocycles. The molecule has 21 heavy (non-hydrogen) atoms. The molecule has 3 rings (SSSR count). The molecule has 0 bridgehead atoms. The number of rotatable bonds is 3. The number of hydrogen-bond donors (Lipinski definition) is 0. The smallest absolute Gasteiger partial charge is 0.339 e. The summed E-state index contributed by atoms with van der Waals surface area (Å²) in [5.74, 6) is 0.410. The van der Waals surface area contributed by atoms with E-state index >= 15 is 0 Å². The van der Waals surface area contributed by atoms with Crippen LogP contribution in [-0.4, -0.2) is 29.6 Å². The number of hydrogen-bond acceptors (Lipinski definition) is 4. The summed E-state index contributed by atoms with van der Waals surface area (Å²) >= 11 is 0. The minimum absolute atomic E-state index is 0.367. The molecule has 5 heteroatoms. The topological polar surface area (TPSA) is 52.8 Å². The van der Waals surface area contributed by atoms with Gasteiger partial charge in [-0.05, 0) is 24.3 Å². The molecule has 0 atom stereocenters. The fraction of sp³-hybridized carbons (Fsp3) is 0.125. The summed E-state index contributed by atoms with van der Waals surface area (Å²) in [7, 11) is 2.99. The number of aromatic nitrogens is 2.